The largest absolute Gasteiger partial charge is 0.385 e. The van der Waals surface area contributed by atoms with Crippen LogP contribution in [0.3, 0.4) is 0 Å². The van der Waals surface area contributed by atoms with Crippen LogP contribution in [0, 0.1) is 20.8 Å². The van der Waals surface area contributed by atoms with Crippen molar-refractivity contribution in [3.05, 3.63) is 34.4 Å². The molecule has 0 amide bonds. The third-order valence-electron chi connectivity index (χ3n) is 4.61. The van der Waals surface area contributed by atoms with Gasteiger partial charge in [-0.05, 0) is 69.8 Å². The maximum Gasteiger partial charge on any atom is 0.0926 e. The van der Waals surface area contributed by atoms with Crippen LogP contribution in [0.2, 0.25) is 0 Å². The molecule has 0 aliphatic carbocycles. The van der Waals surface area contributed by atoms with Crippen molar-refractivity contribution in [2.45, 2.75) is 52.2 Å². The zero-order valence-electron chi connectivity index (χ0n) is 12.2. The predicted molar refractivity (Wildman–Crippen MR) is 75.9 cm³/mol. The van der Waals surface area contributed by atoms with Crippen molar-refractivity contribution in [3.63, 3.8) is 0 Å². The molecule has 1 saturated heterocycles. The van der Waals surface area contributed by atoms with Gasteiger partial charge in [0.1, 0.15) is 0 Å². The topological polar surface area (TPSA) is 23.5 Å². The van der Waals surface area contributed by atoms with Gasteiger partial charge in [0, 0.05) is 12.6 Å². The van der Waals surface area contributed by atoms with E-state index >= 15 is 0 Å². The number of piperidine rings is 1. The first kappa shape index (κ1) is 13.6. The molecule has 2 heteroatoms. The number of benzene rings is 1. The highest BCUT2D eigenvalue weighted by atomic mass is 16.3. The van der Waals surface area contributed by atoms with Crippen LogP contribution >= 0.6 is 0 Å². The lowest BCUT2D eigenvalue weighted by atomic mass is 9.78. The Morgan fingerprint density at radius 3 is 2.39 bits per heavy atom. The molecule has 0 spiro atoms. The van der Waals surface area contributed by atoms with Crippen molar-refractivity contribution in [2.24, 2.45) is 0 Å². The Bertz CT molecular complexity index is 455. The summed E-state index contributed by atoms with van der Waals surface area (Å²) in [6.45, 7) is 9.53. The molecule has 2 rings (SSSR count). The minimum absolute atomic E-state index is 0.435. The third-order valence-corrected chi connectivity index (χ3v) is 4.61. The van der Waals surface area contributed by atoms with Crippen molar-refractivity contribution in [1.29, 1.82) is 0 Å². The van der Waals surface area contributed by atoms with Gasteiger partial charge >= 0.3 is 0 Å². The molecule has 1 aromatic rings. The van der Waals surface area contributed by atoms with Crippen LogP contribution in [0.5, 0.6) is 0 Å². The molecule has 1 aliphatic heterocycles. The van der Waals surface area contributed by atoms with Crippen molar-refractivity contribution in [1.82, 2.24) is 4.90 Å². The van der Waals surface area contributed by atoms with Crippen LogP contribution in [0.15, 0.2) is 12.1 Å². The fourth-order valence-corrected chi connectivity index (χ4v) is 3.03. The van der Waals surface area contributed by atoms with E-state index in [1.54, 1.807) is 0 Å². The lowest BCUT2D eigenvalue weighted by Crippen LogP contribution is -2.46. The quantitative estimate of drug-likeness (QED) is 0.825. The molecule has 0 radical (unpaired) electrons. The maximum absolute atomic E-state index is 11.0. The summed E-state index contributed by atoms with van der Waals surface area (Å²) in [5.41, 5.74) is 4.29. The fraction of sp³-hybridized carbons (Fsp3) is 0.625. The monoisotopic (exact) mass is 247 g/mol. The molecule has 18 heavy (non-hydrogen) atoms. The number of likely N-dealkylation sites (tertiary alicyclic amines) is 1. The minimum Gasteiger partial charge on any atom is -0.385 e. The van der Waals surface area contributed by atoms with E-state index in [1.807, 2.05) is 0 Å². The van der Waals surface area contributed by atoms with Crippen molar-refractivity contribution >= 4 is 0 Å². The van der Waals surface area contributed by atoms with E-state index in [0.717, 1.165) is 24.9 Å². The standard InChI is InChI=1S/C16H25NO/c1-11-8-13(3)15(9-12(11)2)16(18)6-7-17(5)14(4)10-16/h8-9,14,18H,6-7,10H2,1-5H3. The molecular formula is C16H25NO. The molecule has 2 nitrogen and oxygen atoms in total. The van der Waals surface area contributed by atoms with E-state index in [1.165, 1.54) is 16.7 Å². The summed E-state index contributed by atoms with van der Waals surface area (Å²) in [7, 11) is 2.14. The van der Waals surface area contributed by atoms with Crippen LogP contribution in [-0.4, -0.2) is 29.6 Å². The fourth-order valence-electron chi connectivity index (χ4n) is 3.03. The Morgan fingerprint density at radius 2 is 1.78 bits per heavy atom. The number of nitrogens with zero attached hydrogens (tertiary/aromatic N) is 1. The molecular weight excluding hydrogens is 222 g/mol. The lowest BCUT2D eigenvalue weighted by molar-refractivity contribution is -0.0413. The molecule has 2 atom stereocenters. The van der Waals surface area contributed by atoms with Crippen LogP contribution in [0.1, 0.15) is 42.0 Å². The molecule has 0 aromatic heterocycles. The number of aliphatic hydroxyl groups is 1. The van der Waals surface area contributed by atoms with Gasteiger partial charge in [-0.25, -0.2) is 0 Å². The highest BCUT2D eigenvalue weighted by Crippen LogP contribution is 2.37. The van der Waals surface area contributed by atoms with Crippen LogP contribution in [0.25, 0.3) is 0 Å². The maximum atomic E-state index is 11.0. The van der Waals surface area contributed by atoms with Crippen LogP contribution in [0.4, 0.5) is 0 Å². The molecule has 1 aliphatic rings. The minimum atomic E-state index is -0.644. The first-order valence-electron chi connectivity index (χ1n) is 6.84. The first-order chi connectivity index (χ1) is 8.33. The molecule has 1 heterocycles. The number of rotatable bonds is 1. The number of hydrogen-bond donors (Lipinski definition) is 1. The molecule has 2 unspecified atom stereocenters. The van der Waals surface area contributed by atoms with Crippen molar-refractivity contribution in [2.75, 3.05) is 13.6 Å². The van der Waals surface area contributed by atoms with E-state index in [-0.39, 0.29) is 0 Å². The zero-order valence-corrected chi connectivity index (χ0v) is 12.2. The predicted octanol–water partition coefficient (Wildman–Crippen LogP) is 2.91. The average Bonchev–Trinajstić information content (AvgIpc) is 2.29. The van der Waals surface area contributed by atoms with E-state index < -0.39 is 5.60 Å². The number of hydrogen-bond acceptors (Lipinski definition) is 2. The summed E-state index contributed by atoms with van der Waals surface area (Å²) in [4.78, 5) is 2.32. The molecule has 1 aromatic carbocycles. The van der Waals surface area contributed by atoms with Crippen LogP contribution < -0.4 is 0 Å². The van der Waals surface area contributed by atoms with Crippen molar-refractivity contribution in [3.8, 4) is 0 Å². The van der Waals surface area contributed by atoms with Gasteiger partial charge in [-0.1, -0.05) is 12.1 Å². The van der Waals surface area contributed by atoms with Gasteiger partial charge in [0.2, 0.25) is 0 Å². The Morgan fingerprint density at radius 1 is 1.17 bits per heavy atom. The molecule has 0 bridgehead atoms. The van der Waals surface area contributed by atoms with Gasteiger partial charge in [-0.2, -0.15) is 0 Å². The smallest absolute Gasteiger partial charge is 0.0926 e. The summed E-state index contributed by atoms with van der Waals surface area (Å²) < 4.78 is 0. The van der Waals surface area contributed by atoms with Gasteiger partial charge < -0.3 is 10.0 Å². The van der Waals surface area contributed by atoms with Crippen LogP contribution in [-0.2, 0) is 5.60 Å². The zero-order chi connectivity index (χ0) is 13.5. The summed E-state index contributed by atoms with van der Waals surface area (Å²) >= 11 is 0. The van der Waals surface area contributed by atoms with E-state index in [2.05, 4.69) is 51.8 Å². The first-order valence-corrected chi connectivity index (χ1v) is 6.84. The van der Waals surface area contributed by atoms with Gasteiger partial charge in [-0.15, -0.1) is 0 Å². The lowest BCUT2D eigenvalue weighted by Gasteiger charge is -2.42. The van der Waals surface area contributed by atoms with E-state index in [4.69, 9.17) is 0 Å². The normalized spacial score (nSPS) is 29.6. The van der Waals surface area contributed by atoms with Crippen molar-refractivity contribution < 1.29 is 5.11 Å². The average molecular weight is 247 g/mol. The second-order valence-corrected chi connectivity index (χ2v) is 6.07. The summed E-state index contributed by atoms with van der Waals surface area (Å²) in [6, 6.07) is 4.82. The highest BCUT2D eigenvalue weighted by molar-refractivity contribution is 5.40. The second kappa shape index (κ2) is 4.67. The van der Waals surface area contributed by atoms with Gasteiger partial charge in [-0.3, -0.25) is 0 Å². The van der Waals surface area contributed by atoms with Gasteiger partial charge in [0.25, 0.3) is 0 Å². The molecule has 1 fully saturated rings. The van der Waals surface area contributed by atoms with Gasteiger partial charge in [0.05, 0.1) is 5.60 Å². The summed E-state index contributed by atoms with van der Waals surface area (Å²) in [6.07, 6.45) is 1.66. The number of aryl methyl sites for hydroxylation is 3. The Balaban J connectivity index is 2.39. The summed E-state index contributed by atoms with van der Waals surface area (Å²) in [5, 5.41) is 11.0. The SMILES string of the molecule is Cc1cc(C)c(C2(O)CCN(C)C(C)C2)cc1C. The van der Waals surface area contributed by atoms with Gasteiger partial charge in [0.15, 0.2) is 0 Å². The Labute approximate surface area is 111 Å². The van der Waals surface area contributed by atoms with E-state index in [9.17, 15) is 5.11 Å². The molecule has 100 valence electrons. The third kappa shape index (κ3) is 2.32. The Hall–Kier alpha value is -0.860. The summed E-state index contributed by atoms with van der Waals surface area (Å²) in [5.74, 6) is 0. The molecule has 1 N–H and O–H groups in total. The highest BCUT2D eigenvalue weighted by Gasteiger charge is 2.37. The second-order valence-electron chi connectivity index (χ2n) is 6.07. The van der Waals surface area contributed by atoms with E-state index in [0.29, 0.717) is 6.04 Å². The Kier molecular flexibility index (Phi) is 3.52. The molecule has 0 saturated carbocycles.